The molecule has 0 atom stereocenters. The topological polar surface area (TPSA) is 97.1 Å². The van der Waals surface area contributed by atoms with Crippen LogP contribution in [-0.4, -0.2) is 21.8 Å². The predicted molar refractivity (Wildman–Crippen MR) is 102 cm³/mol. The summed E-state index contributed by atoms with van der Waals surface area (Å²) in [7, 11) is 0. The van der Waals surface area contributed by atoms with Gasteiger partial charge in [-0.05, 0) is 18.9 Å². The molecule has 0 saturated heterocycles. The van der Waals surface area contributed by atoms with Gasteiger partial charge in [-0.15, -0.1) is 22.7 Å². The van der Waals surface area contributed by atoms with E-state index in [4.69, 9.17) is 4.42 Å². The number of hydrogen-bond acceptors (Lipinski definition) is 7. The van der Waals surface area contributed by atoms with Crippen molar-refractivity contribution in [1.29, 1.82) is 0 Å². The minimum atomic E-state index is -0.286. The molecule has 0 aliphatic carbocycles. The van der Waals surface area contributed by atoms with Gasteiger partial charge in [-0.25, -0.2) is 9.97 Å². The van der Waals surface area contributed by atoms with Crippen LogP contribution in [0.5, 0.6) is 0 Å². The second-order valence-corrected chi connectivity index (χ2v) is 7.66. The first kappa shape index (κ1) is 18.3. The summed E-state index contributed by atoms with van der Waals surface area (Å²) in [4.78, 5) is 32.9. The molecule has 0 fully saturated rings. The Morgan fingerprint density at radius 2 is 1.88 bits per heavy atom. The Hall–Kier alpha value is -2.52. The van der Waals surface area contributed by atoms with Gasteiger partial charge in [0.25, 0.3) is 5.91 Å². The maximum Gasteiger partial charge on any atom is 0.260 e. The number of amides is 2. The molecule has 0 aromatic carbocycles. The molecule has 3 aromatic heterocycles. The van der Waals surface area contributed by atoms with Crippen molar-refractivity contribution in [1.82, 2.24) is 9.97 Å². The smallest absolute Gasteiger partial charge is 0.260 e. The van der Waals surface area contributed by atoms with Crippen LogP contribution in [-0.2, 0) is 11.2 Å². The molecule has 2 amide bonds. The molecule has 7 nitrogen and oxygen atoms in total. The van der Waals surface area contributed by atoms with Crippen LogP contribution in [0.15, 0.2) is 27.5 Å². The highest BCUT2D eigenvalue weighted by Gasteiger charge is 2.15. The van der Waals surface area contributed by atoms with Crippen LogP contribution in [0.4, 0.5) is 10.3 Å². The number of nitrogens with zero attached hydrogens (tertiary/aromatic N) is 2. The fourth-order valence-corrected chi connectivity index (χ4v) is 3.76. The number of aryl methyl sites for hydroxylation is 1. The van der Waals surface area contributed by atoms with Gasteiger partial charge >= 0.3 is 0 Å². The third-order valence-electron chi connectivity index (χ3n) is 3.58. The maximum absolute atomic E-state index is 12.1. The fourth-order valence-electron chi connectivity index (χ4n) is 2.17. The van der Waals surface area contributed by atoms with Gasteiger partial charge in [-0.1, -0.05) is 13.8 Å². The largest absolute Gasteiger partial charge is 0.469 e. The molecule has 0 unspecified atom stereocenters. The zero-order valence-electron chi connectivity index (χ0n) is 14.5. The van der Waals surface area contributed by atoms with Crippen LogP contribution >= 0.6 is 22.7 Å². The van der Waals surface area contributed by atoms with Gasteiger partial charge in [0.2, 0.25) is 5.91 Å². The quantitative estimate of drug-likeness (QED) is 0.661. The van der Waals surface area contributed by atoms with E-state index in [0.29, 0.717) is 33.2 Å². The van der Waals surface area contributed by atoms with E-state index in [9.17, 15) is 9.59 Å². The first-order valence-electron chi connectivity index (χ1n) is 7.97. The van der Waals surface area contributed by atoms with Gasteiger partial charge in [0.1, 0.15) is 5.76 Å². The Morgan fingerprint density at radius 1 is 1.15 bits per heavy atom. The van der Waals surface area contributed by atoms with E-state index in [0.717, 1.165) is 5.69 Å². The van der Waals surface area contributed by atoms with Crippen LogP contribution in [0, 0.1) is 6.92 Å². The molecule has 3 aromatic rings. The van der Waals surface area contributed by atoms with E-state index in [-0.39, 0.29) is 18.2 Å². The van der Waals surface area contributed by atoms with Crippen molar-refractivity contribution < 1.29 is 14.0 Å². The summed E-state index contributed by atoms with van der Waals surface area (Å²) in [6, 6.07) is 1.60. The van der Waals surface area contributed by atoms with Crippen LogP contribution in [0.25, 0.3) is 0 Å². The molecule has 0 spiro atoms. The lowest BCUT2D eigenvalue weighted by atomic mass is 10.2. The Labute approximate surface area is 158 Å². The Bertz CT molecular complexity index is 926. The number of carbonyl (C=O) groups is 2. The molecule has 26 heavy (non-hydrogen) atoms. The molecule has 0 radical (unpaired) electrons. The van der Waals surface area contributed by atoms with Gasteiger partial charge in [-0.2, -0.15) is 0 Å². The van der Waals surface area contributed by atoms with Gasteiger partial charge < -0.3 is 9.73 Å². The number of rotatable bonds is 6. The number of aromatic nitrogens is 2. The zero-order valence-corrected chi connectivity index (χ0v) is 16.2. The molecule has 2 N–H and O–H groups in total. The third kappa shape index (κ3) is 4.36. The van der Waals surface area contributed by atoms with Gasteiger partial charge in [0, 0.05) is 10.8 Å². The van der Waals surface area contributed by atoms with E-state index in [2.05, 4.69) is 34.4 Å². The van der Waals surface area contributed by atoms with E-state index in [1.165, 1.54) is 28.9 Å². The highest BCUT2D eigenvalue weighted by Crippen LogP contribution is 2.22. The van der Waals surface area contributed by atoms with E-state index >= 15 is 0 Å². The second-order valence-electron chi connectivity index (χ2n) is 5.95. The van der Waals surface area contributed by atoms with Crippen molar-refractivity contribution in [3.8, 4) is 0 Å². The standard InChI is InChI=1S/C17H18N4O3S2/c1-9(2)13-8-26-17(19-13)20-14(22)6-11-7-25-16(18-11)21-15(23)12-4-5-24-10(12)3/h4-5,7-9H,6H2,1-3H3,(H,18,21,23)(H,19,20,22). The van der Waals surface area contributed by atoms with Gasteiger partial charge in [-0.3, -0.25) is 14.9 Å². The van der Waals surface area contributed by atoms with Crippen LogP contribution < -0.4 is 10.6 Å². The first-order chi connectivity index (χ1) is 12.4. The normalized spacial score (nSPS) is 10.9. The highest BCUT2D eigenvalue weighted by atomic mass is 32.1. The monoisotopic (exact) mass is 390 g/mol. The molecule has 0 aliphatic heterocycles. The molecular weight excluding hydrogens is 372 g/mol. The fraction of sp³-hybridized carbons (Fsp3) is 0.294. The summed E-state index contributed by atoms with van der Waals surface area (Å²) in [5.41, 5.74) is 2.01. The van der Waals surface area contributed by atoms with Gasteiger partial charge in [0.05, 0.1) is 29.6 Å². The minimum Gasteiger partial charge on any atom is -0.469 e. The SMILES string of the molecule is Cc1occc1C(=O)Nc1nc(CC(=O)Nc2nc(C(C)C)cs2)cs1. The number of anilines is 2. The summed E-state index contributed by atoms with van der Waals surface area (Å²) >= 11 is 2.67. The molecule has 0 aliphatic rings. The maximum atomic E-state index is 12.1. The number of nitrogens with one attached hydrogen (secondary N) is 2. The summed E-state index contributed by atoms with van der Waals surface area (Å²) in [5, 5.41) is 10.2. The van der Waals surface area contributed by atoms with E-state index < -0.39 is 0 Å². The first-order valence-corrected chi connectivity index (χ1v) is 9.73. The second kappa shape index (κ2) is 7.79. The highest BCUT2D eigenvalue weighted by molar-refractivity contribution is 7.14. The molecule has 3 rings (SSSR count). The summed E-state index contributed by atoms with van der Waals surface area (Å²) < 4.78 is 5.12. The van der Waals surface area contributed by atoms with Gasteiger partial charge in [0.15, 0.2) is 10.3 Å². The number of furan rings is 1. The summed E-state index contributed by atoms with van der Waals surface area (Å²) in [5.74, 6) is 0.387. The van der Waals surface area contributed by atoms with Crippen molar-refractivity contribution in [3.63, 3.8) is 0 Å². The third-order valence-corrected chi connectivity index (χ3v) is 5.16. The van der Waals surface area contributed by atoms with Crippen molar-refractivity contribution in [2.75, 3.05) is 10.6 Å². The number of hydrogen-bond donors (Lipinski definition) is 2. The van der Waals surface area contributed by atoms with Crippen LogP contribution in [0.2, 0.25) is 0 Å². The minimum absolute atomic E-state index is 0.119. The molecule has 136 valence electrons. The van der Waals surface area contributed by atoms with Crippen LogP contribution in [0.1, 0.15) is 47.3 Å². The van der Waals surface area contributed by atoms with Crippen LogP contribution in [0.3, 0.4) is 0 Å². The molecular formula is C17H18N4O3S2. The average molecular weight is 390 g/mol. The molecule has 9 heteroatoms. The lowest BCUT2D eigenvalue weighted by Gasteiger charge is -2.01. The van der Waals surface area contributed by atoms with E-state index in [1.54, 1.807) is 18.4 Å². The molecule has 0 bridgehead atoms. The predicted octanol–water partition coefficient (Wildman–Crippen LogP) is 4.06. The summed E-state index contributed by atoms with van der Waals surface area (Å²) in [6.45, 7) is 5.82. The zero-order chi connectivity index (χ0) is 18.7. The van der Waals surface area contributed by atoms with Crippen molar-refractivity contribution in [2.45, 2.75) is 33.1 Å². The van der Waals surface area contributed by atoms with Crippen molar-refractivity contribution >= 4 is 44.8 Å². The summed E-state index contributed by atoms with van der Waals surface area (Å²) in [6.07, 6.45) is 1.58. The number of thiazole rings is 2. The van der Waals surface area contributed by atoms with Crippen molar-refractivity contribution in [2.24, 2.45) is 0 Å². The molecule has 3 heterocycles. The average Bonchev–Trinajstić information content (AvgIpc) is 3.29. The Morgan fingerprint density at radius 3 is 2.54 bits per heavy atom. The van der Waals surface area contributed by atoms with Crippen molar-refractivity contribution in [3.05, 3.63) is 45.8 Å². The lowest BCUT2D eigenvalue weighted by Crippen LogP contribution is -2.15. The Kier molecular flexibility index (Phi) is 5.48. The lowest BCUT2D eigenvalue weighted by molar-refractivity contribution is -0.115. The molecule has 0 saturated carbocycles. The number of carbonyl (C=O) groups excluding carboxylic acids is 2. The van der Waals surface area contributed by atoms with E-state index in [1.807, 2.05) is 5.38 Å². The Balaban J connectivity index is 1.56.